The first kappa shape index (κ1) is 18.9. The molecule has 1 fully saturated rings. The first-order valence-electron chi connectivity index (χ1n) is 8.61. The Morgan fingerprint density at radius 3 is 2.56 bits per heavy atom. The van der Waals surface area contributed by atoms with Crippen LogP contribution < -0.4 is 20.5 Å². The van der Waals surface area contributed by atoms with Crippen LogP contribution in [-0.2, 0) is 4.79 Å². The molecule has 1 aromatic carbocycles. The number of rotatable bonds is 6. The van der Waals surface area contributed by atoms with Crippen molar-refractivity contribution >= 4 is 11.9 Å². The molecule has 0 unspecified atom stereocenters. The summed E-state index contributed by atoms with van der Waals surface area (Å²) < 4.78 is 10.9. The number of hydrogen-bond acceptors (Lipinski definition) is 4. The van der Waals surface area contributed by atoms with Crippen molar-refractivity contribution in [3.8, 4) is 11.5 Å². The van der Waals surface area contributed by atoms with Crippen LogP contribution in [0.2, 0.25) is 0 Å². The topological polar surface area (TPSA) is 93.9 Å². The number of nitrogens with one attached hydrogen (secondary N) is 1. The van der Waals surface area contributed by atoms with E-state index in [1.807, 2.05) is 32.0 Å². The molecule has 25 heavy (non-hydrogen) atoms. The van der Waals surface area contributed by atoms with Gasteiger partial charge in [0.05, 0.1) is 19.8 Å². The molecule has 0 aromatic heterocycles. The van der Waals surface area contributed by atoms with E-state index in [4.69, 9.17) is 15.2 Å². The molecular weight excluding hydrogens is 322 g/mol. The molecule has 3 N–H and O–H groups in total. The molecule has 1 atom stereocenters. The van der Waals surface area contributed by atoms with Crippen LogP contribution in [0.15, 0.2) is 18.2 Å². The van der Waals surface area contributed by atoms with Crippen LogP contribution in [0.4, 0.5) is 4.79 Å². The predicted molar refractivity (Wildman–Crippen MR) is 94.6 cm³/mol. The number of benzene rings is 1. The number of primary amides is 1. The van der Waals surface area contributed by atoms with E-state index in [0.29, 0.717) is 44.0 Å². The lowest BCUT2D eigenvalue weighted by Crippen LogP contribution is -2.46. The number of piperidine rings is 1. The number of nitrogens with two attached hydrogens (primary N) is 1. The third-order valence-electron chi connectivity index (χ3n) is 4.51. The molecule has 0 spiro atoms. The van der Waals surface area contributed by atoms with Gasteiger partial charge in [0.2, 0.25) is 5.91 Å². The fourth-order valence-corrected chi connectivity index (χ4v) is 2.96. The van der Waals surface area contributed by atoms with Gasteiger partial charge in [-0.05, 0) is 44.4 Å². The van der Waals surface area contributed by atoms with Crippen LogP contribution in [0.3, 0.4) is 0 Å². The maximum atomic E-state index is 12.4. The number of ether oxygens (including phenoxy) is 2. The zero-order valence-electron chi connectivity index (χ0n) is 15.1. The van der Waals surface area contributed by atoms with Gasteiger partial charge >= 0.3 is 6.03 Å². The van der Waals surface area contributed by atoms with E-state index in [9.17, 15) is 9.59 Å². The van der Waals surface area contributed by atoms with E-state index >= 15 is 0 Å². The standard InChI is InChI=1S/C18H27N3O4/c1-4-25-15-6-5-14(11-16(15)24-3)12(2)20-18(23)21-9-7-13(8-10-21)17(19)22/h5-6,11-13H,4,7-10H2,1-3H3,(H2,19,22)(H,20,23)/t12-/m1/s1. The van der Waals surface area contributed by atoms with E-state index in [2.05, 4.69) is 5.32 Å². The van der Waals surface area contributed by atoms with Gasteiger partial charge in [0, 0.05) is 19.0 Å². The summed E-state index contributed by atoms with van der Waals surface area (Å²) in [5, 5.41) is 2.99. The number of carbonyl (C=O) groups is 2. The highest BCUT2D eigenvalue weighted by Crippen LogP contribution is 2.30. The van der Waals surface area contributed by atoms with Gasteiger partial charge in [-0.25, -0.2) is 4.79 Å². The quantitative estimate of drug-likeness (QED) is 0.822. The highest BCUT2D eigenvalue weighted by Gasteiger charge is 2.26. The number of carbonyl (C=O) groups excluding carboxylic acids is 2. The first-order valence-corrected chi connectivity index (χ1v) is 8.61. The van der Waals surface area contributed by atoms with Crippen LogP contribution in [0, 0.1) is 5.92 Å². The van der Waals surface area contributed by atoms with E-state index < -0.39 is 0 Å². The Bertz CT molecular complexity index is 612. The minimum atomic E-state index is -0.282. The Morgan fingerprint density at radius 2 is 2.00 bits per heavy atom. The molecule has 1 aromatic rings. The molecule has 0 radical (unpaired) electrons. The molecule has 0 bridgehead atoms. The van der Waals surface area contributed by atoms with Gasteiger partial charge in [-0.2, -0.15) is 0 Å². The first-order chi connectivity index (χ1) is 12.0. The van der Waals surface area contributed by atoms with Crippen molar-refractivity contribution in [3.05, 3.63) is 23.8 Å². The normalized spacial score (nSPS) is 16.2. The summed E-state index contributed by atoms with van der Waals surface area (Å²) in [6.07, 6.45) is 1.24. The minimum absolute atomic E-state index is 0.128. The molecule has 1 aliphatic heterocycles. The van der Waals surface area contributed by atoms with Gasteiger partial charge < -0.3 is 25.4 Å². The lowest BCUT2D eigenvalue weighted by atomic mass is 9.96. The molecule has 0 aliphatic carbocycles. The highest BCUT2D eigenvalue weighted by atomic mass is 16.5. The Morgan fingerprint density at radius 1 is 1.32 bits per heavy atom. The zero-order valence-corrected chi connectivity index (χ0v) is 15.1. The third kappa shape index (κ3) is 4.78. The summed E-state index contributed by atoms with van der Waals surface area (Å²) in [4.78, 5) is 25.4. The number of amides is 3. The van der Waals surface area contributed by atoms with Crippen molar-refractivity contribution in [2.75, 3.05) is 26.8 Å². The molecule has 138 valence electrons. The average Bonchev–Trinajstić information content (AvgIpc) is 2.62. The van der Waals surface area contributed by atoms with E-state index in [1.54, 1.807) is 12.0 Å². The van der Waals surface area contributed by atoms with Crippen molar-refractivity contribution in [2.24, 2.45) is 11.7 Å². The second-order valence-corrected chi connectivity index (χ2v) is 6.18. The number of likely N-dealkylation sites (tertiary alicyclic amines) is 1. The van der Waals surface area contributed by atoms with Crippen molar-refractivity contribution in [1.82, 2.24) is 10.2 Å². The molecule has 1 aliphatic rings. The van der Waals surface area contributed by atoms with Gasteiger partial charge in [0.1, 0.15) is 0 Å². The number of methoxy groups -OCH3 is 1. The molecule has 1 heterocycles. The number of nitrogens with zero attached hydrogens (tertiary/aromatic N) is 1. The van der Waals surface area contributed by atoms with Gasteiger partial charge in [0.15, 0.2) is 11.5 Å². The Hall–Kier alpha value is -2.44. The summed E-state index contributed by atoms with van der Waals surface area (Å²) in [5.74, 6) is 0.912. The zero-order chi connectivity index (χ0) is 18.4. The Labute approximate surface area is 148 Å². The van der Waals surface area contributed by atoms with E-state index in [0.717, 1.165) is 5.56 Å². The lowest BCUT2D eigenvalue weighted by Gasteiger charge is -2.31. The summed E-state index contributed by atoms with van der Waals surface area (Å²) in [6.45, 7) is 5.47. The predicted octanol–water partition coefficient (Wildman–Crippen LogP) is 2.06. The van der Waals surface area contributed by atoms with Crippen LogP contribution in [0.5, 0.6) is 11.5 Å². The maximum Gasteiger partial charge on any atom is 0.317 e. The van der Waals surface area contributed by atoms with E-state index in [1.165, 1.54) is 0 Å². The third-order valence-corrected chi connectivity index (χ3v) is 4.51. The lowest BCUT2D eigenvalue weighted by molar-refractivity contribution is -0.123. The van der Waals surface area contributed by atoms with Crippen molar-refractivity contribution in [2.45, 2.75) is 32.7 Å². The van der Waals surface area contributed by atoms with Gasteiger partial charge in [-0.15, -0.1) is 0 Å². The highest BCUT2D eigenvalue weighted by molar-refractivity contribution is 5.78. The van der Waals surface area contributed by atoms with Crippen molar-refractivity contribution in [3.63, 3.8) is 0 Å². The Balaban J connectivity index is 1.96. The van der Waals surface area contributed by atoms with Gasteiger partial charge in [-0.1, -0.05) is 6.07 Å². The minimum Gasteiger partial charge on any atom is -0.493 e. The molecule has 0 saturated carbocycles. The van der Waals surface area contributed by atoms with Crippen molar-refractivity contribution in [1.29, 1.82) is 0 Å². The SMILES string of the molecule is CCOc1ccc([C@@H](C)NC(=O)N2CCC(C(N)=O)CC2)cc1OC. The summed E-state index contributed by atoms with van der Waals surface area (Å²) in [6, 6.07) is 5.32. The molecule has 1 saturated heterocycles. The molecule has 3 amide bonds. The second-order valence-electron chi connectivity index (χ2n) is 6.18. The second kappa shape index (κ2) is 8.60. The van der Waals surface area contributed by atoms with Gasteiger partial charge in [0.25, 0.3) is 0 Å². The summed E-state index contributed by atoms with van der Waals surface area (Å²) in [7, 11) is 1.59. The van der Waals surface area contributed by atoms with Gasteiger partial charge in [-0.3, -0.25) is 4.79 Å². The van der Waals surface area contributed by atoms with Crippen LogP contribution >= 0.6 is 0 Å². The summed E-state index contributed by atoms with van der Waals surface area (Å²) >= 11 is 0. The molecule has 7 heteroatoms. The summed E-state index contributed by atoms with van der Waals surface area (Å²) in [5.41, 5.74) is 6.26. The van der Waals surface area contributed by atoms with Crippen LogP contribution in [0.1, 0.15) is 38.3 Å². The maximum absolute atomic E-state index is 12.4. The number of hydrogen-bond donors (Lipinski definition) is 2. The fourth-order valence-electron chi connectivity index (χ4n) is 2.96. The molecule has 2 rings (SSSR count). The smallest absolute Gasteiger partial charge is 0.317 e. The molecular formula is C18H27N3O4. The van der Waals surface area contributed by atoms with E-state index in [-0.39, 0.29) is 23.9 Å². The fraction of sp³-hybridized carbons (Fsp3) is 0.556. The van der Waals surface area contributed by atoms with Crippen molar-refractivity contribution < 1.29 is 19.1 Å². The monoisotopic (exact) mass is 349 g/mol. The Kier molecular flexibility index (Phi) is 6.50. The number of urea groups is 1. The average molecular weight is 349 g/mol. The molecule has 7 nitrogen and oxygen atoms in total. The largest absolute Gasteiger partial charge is 0.493 e. The van der Waals surface area contributed by atoms with Crippen LogP contribution in [-0.4, -0.2) is 43.6 Å². The van der Waals surface area contributed by atoms with Crippen LogP contribution in [0.25, 0.3) is 0 Å².